The molecule has 1 heterocycles. The standard InChI is InChI=1S/C14H28N2/c1-2-14(8-4-9-14)16-10-3-5-13-6-11-15-12-7-13/h13,15-16H,2-12H2,1H3. The zero-order chi connectivity index (χ0) is 11.3. The van der Waals surface area contributed by atoms with Gasteiger partial charge in [0.2, 0.25) is 0 Å². The first kappa shape index (κ1) is 12.4. The van der Waals surface area contributed by atoms with E-state index in [1.807, 2.05) is 0 Å². The lowest BCUT2D eigenvalue weighted by Gasteiger charge is -2.42. The monoisotopic (exact) mass is 224 g/mol. The molecule has 0 aromatic heterocycles. The van der Waals surface area contributed by atoms with Gasteiger partial charge in [0.25, 0.3) is 0 Å². The summed E-state index contributed by atoms with van der Waals surface area (Å²) in [6, 6.07) is 0. The molecule has 16 heavy (non-hydrogen) atoms. The third kappa shape index (κ3) is 3.21. The van der Waals surface area contributed by atoms with Crippen molar-refractivity contribution in [2.75, 3.05) is 19.6 Å². The lowest BCUT2D eigenvalue weighted by Crippen LogP contribution is -2.50. The first-order chi connectivity index (χ1) is 7.85. The quantitative estimate of drug-likeness (QED) is 0.678. The van der Waals surface area contributed by atoms with Crippen LogP contribution in [-0.2, 0) is 0 Å². The first-order valence-electron chi connectivity index (χ1n) is 7.30. The van der Waals surface area contributed by atoms with Crippen LogP contribution in [0.1, 0.15) is 58.3 Å². The van der Waals surface area contributed by atoms with Crippen molar-refractivity contribution >= 4 is 0 Å². The molecule has 1 saturated carbocycles. The van der Waals surface area contributed by atoms with Gasteiger partial charge in [-0.05, 0) is 76.9 Å². The van der Waals surface area contributed by atoms with Crippen LogP contribution in [0.25, 0.3) is 0 Å². The maximum atomic E-state index is 3.81. The van der Waals surface area contributed by atoms with Gasteiger partial charge >= 0.3 is 0 Å². The molecule has 0 aromatic carbocycles. The molecule has 1 saturated heterocycles. The van der Waals surface area contributed by atoms with Gasteiger partial charge < -0.3 is 10.6 Å². The average molecular weight is 224 g/mol. The Labute approximate surface area is 101 Å². The van der Waals surface area contributed by atoms with Crippen molar-refractivity contribution in [3.05, 3.63) is 0 Å². The van der Waals surface area contributed by atoms with Gasteiger partial charge in [-0.25, -0.2) is 0 Å². The molecule has 0 unspecified atom stereocenters. The Bertz CT molecular complexity index is 187. The SMILES string of the molecule is CCC1(NCCCC2CCNCC2)CCC1. The fourth-order valence-corrected chi connectivity index (χ4v) is 3.17. The topological polar surface area (TPSA) is 24.1 Å². The van der Waals surface area contributed by atoms with Crippen molar-refractivity contribution in [3.8, 4) is 0 Å². The van der Waals surface area contributed by atoms with E-state index in [4.69, 9.17) is 0 Å². The molecule has 2 nitrogen and oxygen atoms in total. The zero-order valence-corrected chi connectivity index (χ0v) is 10.9. The minimum absolute atomic E-state index is 0.550. The number of rotatable bonds is 6. The van der Waals surface area contributed by atoms with Crippen LogP contribution in [0.5, 0.6) is 0 Å². The predicted octanol–water partition coefficient (Wildman–Crippen LogP) is 2.69. The first-order valence-corrected chi connectivity index (χ1v) is 7.30. The Morgan fingerprint density at radius 1 is 1.25 bits per heavy atom. The normalized spacial score (nSPS) is 25.3. The van der Waals surface area contributed by atoms with Crippen molar-refractivity contribution in [1.82, 2.24) is 10.6 Å². The van der Waals surface area contributed by atoms with Crippen molar-refractivity contribution in [2.45, 2.75) is 63.8 Å². The van der Waals surface area contributed by atoms with Gasteiger partial charge in [-0.1, -0.05) is 6.92 Å². The van der Waals surface area contributed by atoms with Gasteiger partial charge in [-0.15, -0.1) is 0 Å². The van der Waals surface area contributed by atoms with Crippen molar-refractivity contribution < 1.29 is 0 Å². The van der Waals surface area contributed by atoms with E-state index >= 15 is 0 Å². The van der Waals surface area contributed by atoms with Gasteiger partial charge in [0.1, 0.15) is 0 Å². The lowest BCUT2D eigenvalue weighted by atomic mass is 9.75. The summed E-state index contributed by atoms with van der Waals surface area (Å²) in [6.45, 7) is 6.07. The molecule has 1 aliphatic heterocycles. The Morgan fingerprint density at radius 3 is 2.56 bits per heavy atom. The van der Waals surface area contributed by atoms with Crippen LogP contribution in [-0.4, -0.2) is 25.2 Å². The predicted molar refractivity (Wildman–Crippen MR) is 69.7 cm³/mol. The number of piperidine rings is 1. The van der Waals surface area contributed by atoms with Crippen LogP contribution >= 0.6 is 0 Å². The highest BCUT2D eigenvalue weighted by atomic mass is 15.0. The Hall–Kier alpha value is -0.0800. The molecule has 2 aliphatic rings. The molecule has 1 aliphatic carbocycles. The van der Waals surface area contributed by atoms with E-state index in [1.165, 1.54) is 71.0 Å². The molecule has 2 fully saturated rings. The summed E-state index contributed by atoms with van der Waals surface area (Å²) in [5, 5.41) is 7.25. The van der Waals surface area contributed by atoms with E-state index in [0.29, 0.717) is 5.54 Å². The van der Waals surface area contributed by atoms with Gasteiger partial charge in [0.05, 0.1) is 0 Å². The fourth-order valence-electron chi connectivity index (χ4n) is 3.17. The molecule has 0 spiro atoms. The number of hydrogen-bond donors (Lipinski definition) is 2. The zero-order valence-electron chi connectivity index (χ0n) is 10.9. The molecule has 0 radical (unpaired) electrons. The van der Waals surface area contributed by atoms with Gasteiger partial charge in [0, 0.05) is 5.54 Å². The van der Waals surface area contributed by atoms with E-state index in [1.54, 1.807) is 0 Å². The van der Waals surface area contributed by atoms with Crippen molar-refractivity contribution in [2.24, 2.45) is 5.92 Å². The largest absolute Gasteiger partial charge is 0.317 e. The second-order valence-corrected chi connectivity index (χ2v) is 5.75. The van der Waals surface area contributed by atoms with Crippen LogP contribution in [0.3, 0.4) is 0 Å². The molecule has 0 atom stereocenters. The van der Waals surface area contributed by atoms with Gasteiger partial charge in [-0.2, -0.15) is 0 Å². The van der Waals surface area contributed by atoms with E-state index < -0.39 is 0 Å². The molecule has 94 valence electrons. The van der Waals surface area contributed by atoms with Crippen LogP contribution in [0, 0.1) is 5.92 Å². The highest BCUT2D eigenvalue weighted by Crippen LogP contribution is 2.34. The summed E-state index contributed by atoms with van der Waals surface area (Å²) >= 11 is 0. The summed E-state index contributed by atoms with van der Waals surface area (Å²) in [5.74, 6) is 1.00. The maximum Gasteiger partial charge on any atom is 0.0178 e. The highest BCUT2D eigenvalue weighted by Gasteiger charge is 2.33. The molecule has 0 bridgehead atoms. The van der Waals surface area contributed by atoms with Crippen LogP contribution in [0.2, 0.25) is 0 Å². The maximum absolute atomic E-state index is 3.81. The average Bonchev–Trinajstić information content (AvgIpc) is 2.29. The van der Waals surface area contributed by atoms with E-state index in [-0.39, 0.29) is 0 Å². The number of nitrogens with one attached hydrogen (secondary N) is 2. The lowest BCUT2D eigenvalue weighted by molar-refractivity contribution is 0.175. The van der Waals surface area contributed by atoms with Crippen molar-refractivity contribution in [1.29, 1.82) is 0 Å². The summed E-state index contributed by atoms with van der Waals surface area (Å²) < 4.78 is 0. The van der Waals surface area contributed by atoms with Gasteiger partial charge in [0.15, 0.2) is 0 Å². The molecule has 0 aromatic rings. The number of hydrogen-bond acceptors (Lipinski definition) is 2. The summed E-state index contributed by atoms with van der Waals surface area (Å²) in [6.07, 6.45) is 11.2. The van der Waals surface area contributed by atoms with E-state index in [2.05, 4.69) is 17.6 Å². The Balaban J connectivity index is 1.54. The third-order valence-corrected chi connectivity index (χ3v) is 4.74. The molecule has 2 N–H and O–H groups in total. The Kier molecular flexibility index (Phi) is 4.66. The summed E-state index contributed by atoms with van der Waals surface area (Å²) in [4.78, 5) is 0. The Morgan fingerprint density at radius 2 is 2.00 bits per heavy atom. The van der Waals surface area contributed by atoms with Crippen LogP contribution in [0.4, 0.5) is 0 Å². The third-order valence-electron chi connectivity index (χ3n) is 4.74. The molecule has 2 rings (SSSR count). The molecule has 2 heteroatoms. The van der Waals surface area contributed by atoms with E-state index in [9.17, 15) is 0 Å². The van der Waals surface area contributed by atoms with E-state index in [0.717, 1.165) is 5.92 Å². The smallest absolute Gasteiger partial charge is 0.0178 e. The van der Waals surface area contributed by atoms with Crippen LogP contribution in [0.15, 0.2) is 0 Å². The second-order valence-electron chi connectivity index (χ2n) is 5.75. The second kappa shape index (κ2) is 6.02. The fraction of sp³-hybridized carbons (Fsp3) is 1.00. The van der Waals surface area contributed by atoms with Gasteiger partial charge in [-0.3, -0.25) is 0 Å². The van der Waals surface area contributed by atoms with Crippen LogP contribution < -0.4 is 10.6 Å². The molecule has 0 amide bonds. The summed E-state index contributed by atoms with van der Waals surface area (Å²) in [5.41, 5.74) is 0.550. The molecular formula is C14H28N2. The minimum atomic E-state index is 0.550. The summed E-state index contributed by atoms with van der Waals surface area (Å²) in [7, 11) is 0. The highest BCUT2D eigenvalue weighted by molar-refractivity contribution is 4.94. The molecular weight excluding hydrogens is 196 g/mol. The minimum Gasteiger partial charge on any atom is -0.317 e. The van der Waals surface area contributed by atoms with Crippen molar-refractivity contribution in [3.63, 3.8) is 0 Å².